The van der Waals surface area contributed by atoms with E-state index in [-0.39, 0.29) is 5.41 Å². The van der Waals surface area contributed by atoms with Crippen LogP contribution in [0, 0.1) is 11.8 Å². The van der Waals surface area contributed by atoms with E-state index in [0.29, 0.717) is 42.2 Å². The van der Waals surface area contributed by atoms with Crippen LogP contribution in [0.5, 0.6) is 5.75 Å². The first-order valence-corrected chi connectivity index (χ1v) is 20.3. The van der Waals surface area contributed by atoms with Gasteiger partial charge < -0.3 is 20.1 Å². The van der Waals surface area contributed by atoms with E-state index in [1.54, 1.807) is 6.33 Å². The summed E-state index contributed by atoms with van der Waals surface area (Å²) in [7, 11) is 0. The number of aryl methyl sites for hydroxylation is 1. The second-order valence-electron chi connectivity index (χ2n) is 16.5. The topological polar surface area (TPSA) is 104 Å². The summed E-state index contributed by atoms with van der Waals surface area (Å²) in [6.07, 6.45) is 13.5. The lowest BCUT2D eigenvalue weighted by Gasteiger charge is -2.47. The molecule has 2 N–H and O–H groups in total. The van der Waals surface area contributed by atoms with Crippen molar-refractivity contribution in [3.05, 3.63) is 106 Å². The molecule has 10 heteroatoms. The number of fused-ring (bicyclic) bond motifs is 3. The smallest absolute Gasteiger partial charge is 0.329 e. The molecule has 3 aliphatic carbocycles. The van der Waals surface area contributed by atoms with Gasteiger partial charge in [0.15, 0.2) is 0 Å². The van der Waals surface area contributed by atoms with Gasteiger partial charge in [-0.25, -0.2) is 14.8 Å². The van der Waals surface area contributed by atoms with Crippen LogP contribution >= 0.6 is 11.6 Å². The molecule has 284 valence electrons. The second-order valence-corrected chi connectivity index (χ2v) is 17.0. The Kier molecular flexibility index (Phi) is 10.5. The van der Waals surface area contributed by atoms with Gasteiger partial charge >= 0.3 is 5.97 Å². The number of carboxylic acid groups (broad SMARTS) is 1. The number of nitrogens with zero attached hydrogens (tertiary/aromatic N) is 5. The third kappa shape index (κ3) is 7.41. The maximum atomic E-state index is 13.1. The molecule has 1 spiro atoms. The summed E-state index contributed by atoms with van der Waals surface area (Å²) in [4.78, 5) is 31.2. The van der Waals surface area contributed by atoms with Gasteiger partial charge in [-0.3, -0.25) is 9.88 Å². The Labute approximate surface area is 324 Å². The molecule has 1 saturated carbocycles. The van der Waals surface area contributed by atoms with Crippen molar-refractivity contribution >= 4 is 29.1 Å². The highest BCUT2D eigenvalue weighted by molar-refractivity contribution is 6.30. The maximum Gasteiger partial charge on any atom is 0.329 e. The van der Waals surface area contributed by atoms with Crippen LogP contribution in [0.15, 0.2) is 73.3 Å². The SMILES string of the molecule is C[C@@H](COc1ccnc2c1[C@H](C)CCC2)CC1Cc2ccc(CN3CCN(c4ccncn4)CC3)cc2C12CCC(Nc1cccc(Cl)c1)(C(=O)O)CC2. The molecule has 3 heterocycles. The van der Waals surface area contributed by atoms with Crippen LogP contribution in [0.1, 0.15) is 92.7 Å². The summed E-state index contributed by atoms with van der Waals surface area (Å²) in [6, 6.07) is 18.7. The largest absolute Gasteiger partial charge is 0.493 e. The lowest BCUT2D eigenvalue weighted by molar-refractivity contribution is -0.144. The van der Waals surface area contributed by atoms with Gasteiger partial charge in [0.25, 0.3) is 0 Å². The van der Waals surface area contributed by atoms with E-state index in [9.17, 15) is 9.90 Å². The Bertz CT molecular complexity index is 1940. The van der Waals surface area contributed by atoms with Gasteiger partial charge in [-0.1, -0.05) is 49.7 Å². The van der Waals surface area contributed by atoms with Crippen molar-refractivity contribution in [3.8, 4) is 5.75 Å². The zero-order valence-corrected chi connectivity index (χ0v) is 32.4. The van der Waals surface area contributed by atoms with Crippen molar-refractivity contribution in [2.45, 2.75) is 95.1 Å². The molecule has 2 fully saturated rings. The number of anilines is 2. The van der Waals surface area contributed by atoms with Gasteiger partial charge in [-0.2, -0.15) is 0 Å². The molecule has 54 heavy (non-hydrogen) atoms. The molecule has 2 aromatic carbocycles. The van der Waals surface area contributed by atoms with Crippen molar-refractivity contribution < 1.29 is 14.6 Å². The zero-order chi connectivity index (χ0) is 37.3. The quantitative estimate of drug-likeness (QED) is 0.157. The number of hydrogen-bond acceptors (Lipinski definition) is 8. The second kappa shape index (κ2) is 15.5. The van der Waals surface area contributed by atoms with Crippen LogP contribution < -0.4 is 15.0 Å². The molecule has 1 aliphatic heterocycles. The van der Waals surface area contributed by atoms with Crippen LogP contribution in [0.3, 0.4) is 0 Å². The summed E-state index contributed by atoms with van der Waals surface area (Å²) >= 11 is 6.32. The number of pyridine rings is 1. The van der Waals surface area contributed by atoms with E-state index in [4.69, 9.17) is 21.3 Å². The summed E-state index contributed by atoms with van der Waals surface area (Å²) in [5.74, 6) is 2.41. The molecule has 4 aromatic rings. The van der Waals surface area contributed by atoms with E-state index in [0.717, 1.165) is 82.1 Å². The minimum atomic E-state index is -1.05. The van der Waals surface area contributed by atoms with E-state index >= 15 is 0 Å². The number of benzene rings is 2. The van der Waals surface area contributed by atoms with Gasteiger partial charge in [0.2, 0.25) is 0 Å². The number of rotatable bonds is 11. The minimum absolute atomic E-state index is 0.0926. The molecule has 4 aliphatic rings. The third-order valence-electron chi connectivity index (χ3n) is 13.0. The van der Waals surface area contributed by atoms with Crippen LogP contribution in [-0.2, 0) is 29.6 Å². The fourth-order valence-corrected chi connectivity index (χ4v) is 10.3. The van der Waals surface area contributed by atoms with Crippen molar-refractivity contribution in [2.24, 2.45) is 11.8 Å². The van der Waals surface area contributed by atoms with Crippen LogP contribution in [0.25, 0.3) is 0 Å². The lowest BCUT2D eigenvalue weighted by atomic mass is 9.59. The molecule has 8 rings (SSSR count). The maximum absolute atomic E-state index is 13.1. The van der Waals surface area contributed by atoms with E-state index in [2.05, 4.69) is 63.2 Å². The Balaban J connectivity index is 1.02. The number of hydrogen-bond donors (Lipinski definition) is 2. The molecule has 0 bridgehead atoms. The lowest BCUT2D eigenvalue weighted by Crippen LogP contribution is -2.53. The highest BCUT2D eigenvalue weighted by Crippen LogP contribution is 2.56. The first-order valence-electron chi connectivity index (χ1n) is 19.9. The van der Waals surface area contributed by atoms with Gasteiger partial charge in [0.05, 0.1) is 6.61 Å². The molecule has 1 saturated heterocycles. The fraction of sp³-hybridized carbons (Fsp3) is 0.500. The zero-order valence-electron chi connectivity index (χ0n) is 31.6. The molecule has 1 unspecified atom stereocenters. The number of aliphatic carboxylic acids is 1. The van der Waals surface area contributed by atoms with Crippen LogP contribution in [-0.4, -0.2) is 69.3 Å². The first kappa shape index (κ1) is 36.8. The van der Waals surface area contributed by atoms with Crippen molar-refractivity contribution in [1.29, 1.82) is 0 Å². The normalized spacial score (nSPS) is 25.9. The number of aromatic nitrogens is 3. The Morgan fingerprint density at radius 3 is 2.63 bits per heavy atom. The van der Waals surface area contributed by atoms with Gasteiger partial charge in [0.1, 0.15) is 23.4 Å². The molecule has 9 nitrogen and oxygen atoms in total. The van der Waals surface area contributed by atoms with Crippen molar-refractivity contribution in [3.63, 3.8) is 0 Å². The number of ether oxygens (including phenoxy) is 1. The summed E-state index contributed by atoms with van der Waals surface area (Å²) in [5, 5.41) is 14.8. The Morgan fingerprint density at radius 1 is 1.04 bits per heavy atom. The Morgan fingerprint density at radius 2 is 1.87 bits per heavy atom. The van der Waals surface area contributed by atoms with Gasteiger partial charge in [-0.15, -0.1) is 0 Å². The number of carbonyl (C=O) groups is 1. The minimum Gasteiger partial charge on any atom is -0.493 e. The number of halogens is 1. The number of nitrogens with one attached hydrogen (secondary N) is 1. The van der Waals surface area contributed by atoms with Crippen LogP contribution in [0.4, 0.5) is 11.5 Å². The van der Waals surface area contributed by atoms with E-state index in [1.807, 2.05) is 42.7 Å². The highest BCUT2D eigenvalue weighted by atomic mass is 35.5. The van der Waals surface area contributed by atoms with Crippen molar-refractivity contribution in [2.75, 3.05) is 43.0 Å². The van der Waals surface area contributed by atoms with Crippen molar-refractivity contribution in [1.82, 2.24) is 19.9 Å². The monoisotopic (exact) mass is 748 g/mol. The van der Waals surface area contributed by atoms with E-state index < -0.39 is 11.5 Å². The highest BCUT2D eigenvalue weighted by Gasteiger charge is 2.54. The average Bonchev–Trinajstić information content (AvgIpc) is 3.46. The van der Waals surface area contributed by atoms with Crippen LogP contribution in [0.2, 0.25) is 5.02 Å². The number of carboxylic acids is 1. The predicted molar refractivity (Wildman–Crippen MR) is 214 cm³/mol. The fourth-order valence-electron chi connectivity index (χ4n) is 10.1. The Hall–Kier alpha value is -4.21. The molecule has 0 amide bonds. The van der Waals surface area contributed by atoms with E-state index in [1.165, 1.54) is 40.8 Å². The average molecular weight is 749 g/mol. The molecular weight excluding hydrogens is 696 g/mol. The standard InChI is InChI=1S/C44H53ClN6O3/c1-30(28-54-39-11-18-47-38-8-3-5-31(2)41(38)39)23-34-25-33-10-9-32(27-50-19-21-51(22-20-50)40-12-17-46-29-48-40)24-37(33)43(34)13-15-44(16-14-43,42(52)53)49-36-7-4-6-35(45)26-36/h4,6-7,9-12,17-18,24,26,29-31,34,49H,3,5,8,13-16,19-23,25,27-28H2,1-2H3,(H,52,53)/t30-,31-,34?,43?,44?/m1/s1. The van der Waals surface area contributed by atoms with Gasteiger partial charge in [0, 0.05) is 67.1 Å². The summed E-state index contributed by atoms with van der Waals surface area (Å²) in [6.45, 7) is 10.0. The number of piperazine rings is 1. The summed E-state index contributed by atoms with van der Waals surface area (Å²) in [5.41, 5.74) is 6.32. The van der Waals surface area contributed by atoms with Gasteiger partial charge in [-0.05, 0) is 128 Å². The molecule has 3 atom stereocenters. The molecular formula is C44H53ClN6O3. The molecule has 2 aromatic heterocycles. The molecule has 0 radical (unpaired) electrons. The predicted octanol–water partition coefficient (Wildman–Crippen LogP) is 8.31. The third-order valence-corrected chi connectivity index (χ3v) is 13.3. The summed E-state index contributed by atoms with van der Waals surface area (Å²) < 4.78 is 6.63. The first-order chi connectivity index (χ1) is 26.2.